The fourth-order valence-corrected chi connectivity index (χ4v) is 4.65. The van der Waals surface area contributed by atoms with Crippen LogP contribution in [0.1, 0.15) is 41.2 Å². The lowest BCUT2D eigenvalue weighted by Gasteiger charge is -2.39. The molecule has 1 amide bonds. The zero-order valence-corrected chi connectivity index (χ0v) is 20.6. The molecule has 7 nitrogen and oxygen atoms in total. The van der Waals surface area contributed by atoms with Crippen molar-refractivity contribution in [3.05, 3.63) is 108 Å². The van der Waals surface area contributed by atoms with E-state index in [1.54, 1.807) is 60.8 Å². The number of hydrogen-bond acceptors (Lipinski definition) is 6. The predicted octanol–water partition coefficient (Wildman–Crippen LogP) is 5.94. The molecule has 0 bridgehead atoms. The minimum absolute atomic E-state index is 0.0828. The second-order valence-corrected chi connectivity index (χ2v) is 9.24. The van der Waals surface area contributed by atoms with Crippen molar-refractivity contribution in [1.82, 2.24) is 14.9 Å². The first-order valence-corrected chi connectivity index (χ1v) is 12.5. The summed E-state index contributed by atoms with van der Waals surface area (Å²) in [5.41, 5.74) is 9.33. The van der Waals surface area contributed by atoms with Crippen molar-refractivity contribution in [2.24, 2.45) is 5.73 Å². The SMILES string of the molecule is NC(c1ccc(F)cc1)C1CCCCN1C(=O)c1ccc(Nc2nccc(Nc3ccc(F)cc3)n2)cc1. The van der Waals surface area contributed by atoms with Crippen LogP contribution in [0, 0.1) is 11.6 Å². The van der Waals surface area contributed by atoms with Gasteiger partial charge in [-0.25, -0.2) is 13.8 Å². The lowest BCUT2D eigenvalue weighted by molar-refractivity contribution is 0.0574. The molecule has 4 aromatic rings. The highest BCUT2D eigenvalue weighted by atomic mass is 19.1. The Morgan fingerprint density at radius 1 is 0.868 bits per heavy atom. The van der Waals surface area contributed by atoms with E-state index >= 15 is 0 Å². The van der Waals surface area contributed by atoms with Crippen LogP contribution in [-0.2, 0) is 0 Å². The zero-order chi connectivity index (χ0) is 26.5. The van der Waals surface area contributed by atoms with Crippen LogP contribution < -0.4 is 16.4 Å². The van der Waals surface area contributed by atoms with Crippen LogP contribution >= 0.6 is 0 Å². The summed E-state index contributed by atoms with van der Waals surface area (Å²) < 4.78 is 26.5. The van der Waals surface area contributed by atoms with Crippen molar-refractivity contribution in [1.29, 1.82) is 0 Å². The molecule has 0 aliphatic carbocycles. The molecule has 0 saturated carbocycles. The lowest BCUT2D eigenvalue weighted by Crippen LogP contribution is -2.49. The van der Waals surface area contributed by atoms with E-state index in [1.807, 2.05) is 4.90 Å². The monoisotopic (exact) mass is 514 g/mol. The summed E-state index contributed by atoms with van der Waals surface area (Å²) in [4.78, 5) is 24.0. The largest absolute Gasteiger partial charge is 0.340 e. The molecule has 1 fully saturated rings. The number of aromatic nitrogens is 2. The van der Waals surface area contributed by atoms with Crippen LogP contribution in [-0.4, -0.2) is 33.4 Å². The van der Waals surface area contributed by atoms with Crippen LogP contribution in [0.15, 0.2) is 85.1 Å². The lowest BCUT2D eigenvalue weighted by atomic mass is 9.91. The Morgan fingerprint density at radius 3 is 2.21 bits per heavy atom. The van der Waals surface area contributed by atoms with Crippen LogP contribution in [0.4, 0.5) is 31.9 Å². The number of amides is 1. The molecule has 0 radical (unpaired) electrons. The number of halogens is 2. The van der Waals surface area contributed by atoms with Crippen LogP contribution in [0.2, 0.25) is 0 Å². The molecular weight excluding hydrogens is 486 g/mol. The summed E-state index contributed by atoms with van der Waals surface area (Å²) in [5.74, 6) is 0.217. The number of nitrogens with zero attached hydrogens (tertiary/aromatic N) is 3. The highest BCUT2D eigenvalue weighted by molar-refractivity contribution is 5.95. The molecule has 1 saturated heterocycles. The first kappa shape index (κ1) is 25.3. The van der Waals surface area contributed by atoms with Gasteiger partial charge in [-0.05, 0) is 91.6 Å². The van der Waals surface area contributed by atoms with Crippen molar-refractivity contribution >= 4 is 29.0 Å². The molecule has 194 valence electrons. The van der Waals surface area contributed by atoms with Gasteiger partial charge in [-0.15, -0.1) is 0 Å². The Kier molecular flexibility index (Phi) is 7.55. The van der Waals surface area contributed by atoms with Gasteiger partial charge in [-0.3, -0.25) is 4.79 Å². The van der Waals surface area contributed by atoms with Gasteiger partial charge in [-0.2, -0.15) is 4.98 Å². The number of anilines is 4. The molecule has 38 heavy (non-hydrogen) atoms. The zero-order valence-electron chi connectivity index (χ0n) is 20.6. The minimum atomic E-state index is -0.395. The van der Waals surface area contributed by atoms with Crippen molar-refractivity contribution in [2.45, 2.75) is 31.3 Å². The van der Waals surface area contributed by atoms with Gasteiger partial charge < -0.3 is 21.3 Å². The Morgan fingerprint density at radius 2 is 1.50 bits per heavy atom. The molecule has 3 aromatic carbocycles. The summed E-state index contributed by atoms with van der Waals surface area (Å²) in [6, 6.07) is 20.4. The normalized spacial score (nSPS) is 16.1. The van der Waals surface area contributed by atoms with E-state index in [2.05, 4.69) is 20.6 Å². The quantitative estimate of drug-likeness (QED) is 0.283. The highest BCUT2D eigenvalue weighted by Crippen LogP contribution is 2.29. The van der Waals surface area contributed by atoms with Crippen molar-refractivity contribution in [3.63, 3.8) is 0 Å². The Labute approximate surface area is 219 Å². The molecule has 1 aliphatic rings. The molecule has 1 aliphatic heterocycles. The van der Waals surface area contributed by atoms with E-state index in [-0.39, 0.29) is 23.6 Å². The number of likely N-dealkylation sites (tertiary alicyclic amines) is 1. The Balaban J connectivity index is 1.26. The number of rotatable bonds is 7. The second kappa shape index (κ2) is 11.4. The van der Waals surface area contributed by atoms with Gasteiger partial charge in [0.2, 0.25) is 5.95 Å². The maximum atomic E-state index is 13.4. The first-order chi connectivity index (χ1) is 18.5. The van der Waals surface area contributed by atoms with Gasteiger partial charge in [0, 0.05) is 29.7 Å². The van der Waals surface area contributed by atoms with Crippen LogP contribution in [0.3, 0.4) is 0 Å². The Bertz CT molecular complexity index is 1380. The van der Waals surface area contributed by atoms with Crippen molar-refractivity contribution < 1.29 is 13.6 Å². The van der Waals surface area contributed by atoms with E-state index in [0.717, 1.165) is 30.5 Å². The topological polar surface area (TPSA) is 96.2 Å². The van der Waals surface area contributed by atoms with Crippen LogP contribution in [0.25, 0.3) is 0 Å². The third kappa shape index (κ3) is 5.95. The average Bonchev–Trinajstić information content (AvgIpc) is 2.95. The number of nitrogens with one attached hydrogen (secondary N) is 2. The molecule has 2 heterocycles. The molecule has 2 unspecified atom stereocenters. The van der Waals surface area contributed by atoms with E-state index < -0.39 is 6.04 Å². The number of carbonyl (C=O) groups excluding carboxylic acids is 1. The summed E-state index contributed by atoms with van der Waals surface area (Å²) in [5, 5.41) is 6.25. The number of carbonyl (C=O) groups is 1. The fraction of sp³-hybridized carbons (Fsp3) is 0.207. The predicted molar refractivity (Wildman–Crippen MR) is 143 cm³/mol. The van der Waals surface area contributed by atoms with E-state index in [9.17, 15) is 13.6 Å². The number of piperidine rings is 1. The average molecular weight is 515 g/mol. The van der Waals surface area contributed by atoms with Gasteiger partial charge in [-0.1, -0.05) is 12.1 Å². The van der Waals surface area contributed by atoms with Gasteiger partial charge in [0.15, 0.2) is 0 Å². The number of hydrogen-bond donors (Lipinski definition) is 3. The van der Waals surface area contributed by atoms with E-state index in [0.29, 0.717) is 29.6 Å². The molecule has 1 aromatic heterocycles. The first-order valence-electron chi connectivity index (χ1n) is 12.5. The molecule has 0 spiro atoms. The van der Waals surface area contributed by atoms with E-state index in [4.69, 9.17) is 5.73 Å². The Hall–Kier alpha value is -4.37. The smallest absolute Gasteiger partial charge is 0.254 e. The number of nitrogens with two attached hydrogens (primary N) is 1. The van der Waals surface area contributed by atoms with Crippen LogP contribution in [0.5, 0.6) is 0 Å². The third-order valence-corrected chi connectivity index (χ3v) is 6.64. The third-order valence-electron chi connectivity index (χ3n) is 6.64. The molecule has 4 N–H and O–H groups in total. The molecule has 2 atom stereocenters. The van der Waals surface area contributed by atoms with Gasteiger partial charge >= 0.3 is 0 Å². The fourth-order valence-electron chi connectivity index (χ4n) is 4.65. The summed E-state index contributed by atoms with van der Waals surface area (Å²) >= 11 is 0. The number of benzene rings is 3. The summed E-state index contributed by atoms with van der Waals surface area (Å²) in [7, 11) is 0. The maximum Gasteiger partial charge on any atom is 0.254 e. The highest BCUT2D eigenvalue weighted by Gasteiger charge is 2.32. The maximum absolute atomic E-state index is 13.4. The van der Waals surface area contributed by atoms with Gasteiger partial charge in [0.25, 0.3) is 5.91 Å². The molecule has 9 heteroatoms. The summed E-state index contributed by atoms with van der Waals surface area (Å²) in [6.07, 6.45) is 4.31. The van der Waals surface area contributed by atoms with Gasteiger partial charge in [0.05, 0.1) is 12.1 Å². The molecule has 5 rings (SSSR count). The standard InChI is InChI=1S/C29H28F2N6O/c30-21-8-4-19(5-9-21)27(32)25-3-1-2-18-37(25)28(38)20-6-12-24(13-7-20)35-29-33-17-16-26(36-29)34-23-14-10-22(31)11-15-23/h4-17,25,27H,1-3,18,32H2,(H2,33,34,35,36). The van der Waals surface area contributed by atoms with E-state index in [1.165, 1.54) is 24.3 Å². The second-order valence-electron chi connectivity index (χ2n) is 9.24. The van der Waals surface area contributed by atoms with Crippen molar-refractivity contribution in [2.75, 3.05) is 17.2 Å². The van der Waals surface area contributed by atoms with Gasteiger partial charge in [0.1, 0.15) is 17.5 Å². The minimum Gasteiger partial charge on any atom is -0.340 e. The van der Waals surface area contributed by atoms with Crippen molar-refractivity contribution in [3.8, 4) is 0 Å². The summed E-state index contributed by atoms with van der Waals surface area (Å²) in [6.45, 7) is 0.625. The molecular formula is C29H28F2N6O.